The fraction of sp³-hybridized carbons (Fsp3) is 0.222. The Hall–Kier alpha value is -1.91. The molecule has 0 aliphatic rings. The first-order valence-corrected chi connectivity index (χ1v) is 3.92. The van der Waals surface area contributed by atoms with E-state index >= 15 is 0 Å². The highest BCUT2D eigenvalue weighted by molar-refractivity contribution is 5.93. The van der Waals surface area contributed by atoms with Gasteiger partial charge >= 0.3 is 0 Å². The zero-order valence-electron chi connectivity index (χ0n) is 8.00. The minimum atomic E-state index is -0.0317. The summed E-state index contributed by atoms with van der Waals surface area (Å²) in [5, 5.41) is 14.8. The summed E-state index contributed by atoms with van der Waals surface area (Å²) in [4.78, 5) is 4.02. The maximum atomic E-state index is 7.38. The number of hydrogen-bond acceptors (Lipinski definition) is 5. The van der Waals surface area contributed by atoms with Crippen molar-refractivity contribution in [1.82, 2.24) is 4.98 Å². The van der Waals surface area contributed by atoms with Gasteiger partial charge in [0, 0.05) is 0 Å². The van der Waals surface area contributed by atoms with Gasteiger partial charge in [0.25, 0.3) is 0 Å². The number of nitrogens with zero attached hydrogens (tertiary/aromatic N) is 1. The van der Waals surface area contributed by atoms with Gasteiger partial charge in [0.2, 0.25) is 11.8 Å². The fourth-order valence-corrected chi connectivity index (χ4v) is 0.897. The Morgan fingerprint density at radius 3 is 1.86 bits per heavy atom. The van der Waals surface area contributed by atoms with Crippen LogP contribution in [0.15, 0.2) is 18.2 Å². The van der Waals surface area contributed by atoms with E-state index in [2.05, 4.69) is 4.98 Å². The van der Waals surface area contributed by atoms with Crippen molar-refractivity contribution in [1.29, 1.82) is 10.8 Å². The second kappa shape index (κ2) is 4.36. The van der Waals surface area contributed by atoms with Crippen LogP contribution in [0.5, 0.6) is 0 Å². The molecule has 0 amide bonds. The molecule has 1 heterocycles. The summed E-state index contributed by atoms with van der Waals surface area (Å²) < 4.78 is 9.43. The molecule has 5 nitrogen and oxygen atoms in total. The van der Waals surface area contributed by atoms with Crippen LogP contribution in [0.2, 0.25) is 0 Å². The highest BCUT2D eigenvalue weighted by Crippen LogP contribution is 2.02. The lowest BCUT2D eigenvalue weighted by Gasteiger charge is -2.04. The van der Waals surface area contributed by atoms with E-state index in [4.69, 9.17) is 20.3 Å². The Kier molecular flexibility index (Phi) is 3.17. The Morgan fingerprint density at radius 2 is 1.50 bits per heavy atom. The third kappa shape index (κ3) is 2.07. The SMILES string of the molecule is COC(=N)c1cccc(C(=N)OC)n1. The molecule has 0 unspecified atom stereocenters. The maximum Gasteiger partial charge on any atom is 0.232 e. The summed E-state index contributed by atoms with van der Waals surface area (Å²) in [6, 6.07) is 4.97. The molecule has 0 aliphatic heterocycles. The molecule has 1 rings (SSSR count). The highest BCUT2D eigenvalue weighted by Gasteiger charge is 2.07. The molecule has 0 aromatic carbocycles. The fourth-order valence-electron chi connectivity index (χ4n) is 0.897. The highest BCUT2D eigenvalue weighted by atomic mass is 16.5. The molecule has 0 bridgehead atoms. The molecule has 74 valence electrons. The van der Waals surface area contributed by atoms with E-state index in [0.29, 0.717) is 11.4 Å². The smallest absolute Gasteiger partial charge is 0.232 e. The molecule has 2 N–H and O–H groups in total. The van der Waals surface area contributed by atoms with Crippen molar-refractivity contribution in [3.05, 3.63) is 29.6 Å². The molecule has 0 spiro atoms. The van der Waals surface area contributed by atoms with Crippen LogP contribution in [0, 0.1) is 10.8 Å². The summed E-state index contributed by atoms with van der Waals surface area (Å²) >= 11 is 0. The van der Waals surface area contributed by atoms with E-state index in [-0.39, 0.29) is 11.8 Å². The third-order valence-corrected chi connectivity index (χ3v) is 1.62. The molecular formula is C9H11N3O2. The average molecular weight is 193 g/mol. The molecular weight excluding hydrogens is 182 g/mol. The van der Waals surface area contributed by atoms with E-state index in [1.54, 1.807) is 18.2 Å². The zero-order valence-corrected chi connectivity index (χ0v) is 8.00. The van der Waals surface area contributed by atoms with Crippen LogP contribution in [0.25, 0.3) is 0 Å². The summed E-state index contributed by atoms with van der Waals surface area (Å²) in [5.41, 5.74) is 0.763. The minimum absolute atomic E-state index is 0.0317. The van der Waals surface area contributed by atoms with E-state index < -0.39 is 0 Å². The standard InChI is InChI=1S/C9H11N3O2/c1-13-8(10)6-4-3-5-7(12-6)9(11)14-2/h3-5,10-11H,1-2H3. The van der Waals surface area contributed by atoms with Crippen molar-refractivity contribution in [3.63, 3.8) is 0 Å². The van der Waals surface area contributed by atoms with Crippen molar-refractivity contribution in [3.8, 4) is 0 Å². The molecule has 1 aromatic rings. The lowest BCUT2D eigenvalue weighted by atomic mass is 10.3. The van der Waals surface area contributed by atoms with Gasteiger partial charge in [-0.3, -0.25) is 10.8 Å². The Morgan fingerprint density at radius 1 is 1.07 bits per heavy atom. The lowest BCUT2D eigenvalue weighted by Crippen LogP contribution is -2.10. The normalized spacial score (nSPS) is 9.29. The van der Waals surface area contributed by atoms with Crippen LogP contribution in [-0.4, -0.2) is 31.0 Å². The van der Waals surface area contributed by atoms with E-state index in [1.807, 2.05) is 0 Å². The summed E-state index contributed by atoms with van der Waals surface area (Å²) in [5.74, 6) is -0.0634. The average Bonchev–Trinajstić information content (AvgIpc) is 2.27. The Bertz CT molecular complexity index is 332. The molecule has 0 radical (unpaired) electrons. The van der Waals surface area contributed by atoms with Gasteiger partial charge in [-0.05, 0) is 12.1 Å². The summed E-state index contributed by atoms with van der Waals surface area (Å²) in [6.07, 6.45) is 0. The van der Waals surface area contributed by atoms with Crippen LogP contribution in [0.4, 0.5) is 0 Å². The first-order chi connectivity index (χ1) is 6.69. The van der Waals surface area contributed by atoms with Crippen LogP contribution in [0.3, 0.4) is 0 Å². The number of ether oxygens (including phenoxy) is 2. The molecule has 0 saturated heterocycles. The van der Waals surface area contributed by atoms with Gasteiger partial charge in [0.05, 0.1) is 14.2 Å². The summed E-state index contributed by atoms with van der Waals surface area (Å²) in [6.45, 7) is 0. The van der Waals surface area contributed by atoms with E-state index in [0.717, 1.165) is 0 Å². The van der Waals surface area contributed by atoms with Crippen LogP contribution in [0.1, 0.15) is 11.4 Å². The predicted molar refractivity (Wildman–Crippen MR) is 51.9 cm³/mol. The molecule has 0 aliphatic carbocycles. The molecule has 5 heteroatoms. The zero-order chi connectivity index (χ0) is 10.6. The number of aromatic nitrogens is 1. The van der Waals surface area contributed by atoms with Gasteiger partial charge in [0.15, 0.2) is 0 Å². The largest absolute Gasteiger partial charge is 0.480 e. The van der Waals surface area contributed by atoms with Crippen LogP contribution in [-0.2, 0) is 9.47 Å². The molecule has 14 heavy (non-hydrogen) atoms. The van der Waals surface area contributed by atoms with Gasteiger partial charge in [-0.15, -0.1) is 0 Å². The number of nitrogens with one attached hydrogen (secondary N) is 2. The number of methoxy groups -OCH3 is 2. The van der Waals surface area contributed by atoms with Gasteiger partial charge < -0.3 is 9.47 Å². The first kappa shape index (κ1) is 10.2. The third-order valence-electron chi connectivity index (χ3n) is 1.62. The van der Waals surface area contributed by atoms with Crippen LogP contribution >= 0.6 is 0 Å². The minimum Gasteiger partial charge on any atom is -0.480 e. The maximum absolute atomic E-state index is 7.38. The monoisotopic (exact) mass is 193 g/mol. The molecule has 1 aromatic heterocycles. The predicted octanol–water partition coefficient (Wildman–Crippen LogP) is 1.03. The van der Waals surface area contributed by atoms with Crippen molar-refractivity contribution in [2.45, 2.75) is 0 Å². The van der Waals surface area contributed by atoms with Crippen molar-refractivity contribution >= 4 is 11.8 Å². The van der Waals surface area contributed by atoms with Gasteiger partial charge in [-0.1, -0.05) is 6.07 Å². The molecule has 0 saturated carbocycles. The number of pyridine rings is 1. The van der Waals surface area contributed by atoms with Crippen molar-refractivity contribution < 1.29 is 9.47 Å². The van der Waals surface area contributed by atoms with Gasteiger partial charge in [-0.25, -0.2) is 4.98 Å². The lowest BCUT2D eigenvalue weighted by molar-refractivity contribution is 0.396. The Balaban J connectivity index is 3.01. The second-order valence-corrected chi connectivity index (χ2v) is 2.47. The summed E-state index contributed by atoms with van der Waals surface area (Å²) in [7, 11) is 2.80. The van der Waals surface area contributed by atoms with Gasteiger partial charge in [0.1, 0.15) is 11.4 Å². The van der Waals surface area contributed by atoms with E-state index in [1.165, 1.54) is 14.2 Å². The van der Waals surface area contributed by atoms with Crippen molar-refractivity contribution in [2.75, 3.05) is 14.2 Å². The van der Waals surface area contributed by atoms with Crippen LogP contribution < -0.4 is 0 Å². The van der Waals surface area contributed by atoms with Crippen molar-refractivity contribution in [2.24, 2.45) is 0 Å². The van der Waals surface area contributed by atoms with Gasteiger partial charge in [-0.2, -0.15) is 0 Å². The topological polar surface area (TPSA) is 79.0 Å². The number of rotatable bonds is 2. The quantitative estimate of drug-likeness (QED) is 0.543. The first-order valence-electron chi connectivity index (χ1n) is 3.92. The Labute approximate surface area is 81.7 Å². The van der Waals surface area contributed by atoms with E-state index in [9.17, 15) is 0 Å². The second-order valence-electron chi connectivity index (χ2n) is 2.47. The molecule has 0 atom stereocenters. The molecule has 0 fully saturated rings. The number of hydrogen-bond donors (Lipinski definition) is 2.